The predicted octanol–water partition coefficient (Wildman–Crippen LogP) is 2.56. The first kappa shape index (κ1) is 16.2. The fraction of sp³-hybridized carbons (Fsp3) is 0.647. The molecule has 24 heavy (non-hydrogen) atoms. The van der Waals surface area contributed by atoms with Crippen molar-refractivity contribution in [3.63, 3.8) is 0 Å². The maximum Gasteiger partial charge on any atom is 0.133 e. The number of aromatic nitrogens is 2. The third-order valence-electron chi connectivity index (χ3n) is 4.88. The summed E-state index contributed by atoms with van der Waals surface area (Å²) in [6.07, 6.45) is 1.08. The molecule has 130 valence electrons. The molecule has 4 rings (SSSR count). The minimum absolute atomic E-state index is 0.0310. The monoisotopic (exact) mass is 349 g/mol. The molecule has 2 fully saturated rings. The van der Waals surface area contributed by atoms with Crippen LogP contribution in [0.2, 0.25) is 0 Å². The Morgan fingerprint density at radius 1 is 1.38 bits per heavy atom. The lowest BCUT2D eigenvalue weighted by molar-refractivity contribution is -0.147. The van der Waals surface area contributed by atoms with Gasteiger partial charge in [-0.15, -0.1) is 11.3 Å². The number of ether oxygens (including phenoxy) is 2. The summed E-state index contributed by atoms with van der Waals surface area (Å²) in [5.41, 5.74) is 1.99. The first-order valence-electron chi connectivity index (χ1n) is 8.40. The Kier molecular flexibility index (Phi) is 4.42. The molecule has 4 heterocycles. The van der Waals surface area contributed by atoms with Gasteiger partial charge in [-0.05, 0) is 20.3 Å². The lowest BCUT2D eigenvalue weighted by Gasteiger charge is -2.50. The van der Waals surface area contributed by atoms with Gasteiger partial charge in [-0.25, -0.2) is 4.98 Å². The zero-order valence-electron chi connectivity index (χ0n) is 14.2. The SMILES string of the molecule is Cc1cc(CN2CC3(C2)OCCC3COCc2csc(C)n2)no1. The molecule has 0 N–H and O–H groups in total. The molecule has 2 aliphatic heterocycles. The Morgan fingerprint density at radius 2 is 2.25 bits per heavy atom. The van der Waals surface area contributed by atoms with E-state index in [9.17, 15) is 0 Å². The van der Waals surface area contributed by atoms with Crippen LogP contribution in [-0.2, 0) is 22.6 Å². The molecule has 2 aliphatic rings. The maximum absolute atomic E-state index is 6.09. The smallest absolute Gasteiger partial charge is 0.133 e. The van der Waals surface area contributed by atoms with Crippen LogP contribution in [-0.4, -0.2) is 46.9 Å². The van der Waals surface area contributed by atoms with Crippen molar-refractivity contribution in [3.8, 4) is 0 Å². The third kappa shape index (κ3) is 3.26. The molecule has 0 saturated carbocycles. The lowest BCUT2D eigenvalue weighted by atomic mass is 9.81. The lowest BCUT2D eigenvalue weighted by Crippen LogP contribution is -2.64. The molecule has 7 heteroatoms. The standard InChI is InChI=1S/C17H23N3O3S/c1-12-5-15(19-23-12)6-20-10-17(11-20)14(3-4-22-17)7-21-8-16-9-24-13(2)18-16/h5,9,14H,3-4,6-8,10-11H2,1-2H3. The molecular weight excluding hydrogens is 326 g/mol. The van der Waals surface area contributed by atoms with Gasteiger partial charge in [0.25, 0.3) is 0 Å². The van der Waals surface area contributed by atoms with Crippen molar-refractivity contribution in [2.45, 2.75) is 39.0 Å². The predicted molar refractivity (Wildman–Crippen MR) is 89.8 cm³/mol. The van der Waals surface area contributed by atoms with Gasteiger partial charge in [-0.1, -0.05) is 5.16 Å². The summed E-state index contributed by atoms with van der Waals surface area (Å²) in [5.74, 6) is 1.33. The van der Waals surface area contributed by atoms with Crippen LogP contribution in [0.15, 0.2) is 16.0 Å². The van der Waals surface area contributed by atoms with Gasteiger partial charge in [0.2, 0.25) is 0 Å². The number of rotatable bonds is 6. The van der Waals surface area contributed by atoms with E-state index in [4.69, 9.17) is 14.0 Å². The van der Waals surface area contributed by atoms with Gasteiger partial charge < -0.3 is 14.0 Å². The van der Waals surface area contributed by atoms with E-state index >= 15 is 0 Å². The van der Waals surface area contributed by atoms with Crippen molar-refractivity contribution in [2.24, 2.45) is 5.92 Å². The highest BCUT2D eigenvalue weighted by atomic mass is 32.1. The molecule has 1 atom stereocenters. The van der Waals surface area contributed by atoms with E-state index in [2.05, 4.69) is 20.4 Å². The van der Waals surface area contributed by atoms with Gasteiger partial charge in [-0.3, -0.25) is 4.90 Å². The molecule has 0 aromatic carbocycles. The second-order valence-corrected chi connectivity index (χ2v) is 7.91. The normalized spacial score (nSPS) is 23.0. The largest absolute Gasteiger partial charge is 0.375 e. The summed E-state index contributed by atoms with van der Waals surface area (Å²) in [5, 5.41) is 7.23. The fourth-order valence-electron chi connectivity index (χ4n) is 3.69. The van der Waals surface area contributed by atoms with Crippen molar-refractivity contribution in [1.29, 1.82) is 0 Å². The molecule has 6 nitrogen and oxygen atoms in total. The van der Waals surface area contributed by atoms with Gasteiger partial charge >= 0.3 is 0 Å². The zero-order valence-corrected chi connectivity index (χ0v) is 15.0. The van der Waals surface area contributed by atoms with Gasteiger partial charge in [0, 0.05) is 43.6 Å². The van der Waals surface area contributed by atoms with E-state index in [1.54, 1.807) is 11.3 Å². The minimum Gasteiger partial charge on any atom is -0.375 e. The van der Waals surface area contributed by atoms with Crippen LogP contribution in [0.25, 0.3) is 0 Å². The summed E-state index contributed by atoms with van der Waals surface area (Å²) < 4.78 is 17.1. The van der Waals surface area contributed by atoms with Gasteiger partial charge in [0.1, 0.15) is 5.76 Å². The summed E-state index contributed by atoms with van der Waals surface area (Å²) >= 11 is 1.67. The number of thiazole rings is 1. The Balaban J connectivity index is 1.26. The quantitative estimate of drug-likeness (QED) is 0.799. The summed E-state index contributed by atoms with van der Waals surface area (Å²) in [7, 11) is 0. The second kappa shape index (κ2) is 6.55. The molecular formula is C17H23N3O3S. The summed E-state index contributed by atoms with van der Waals surface area (Å²) in [6, 6.07) is 2.00. The van der Waals surface area contributed by atoms with E-state index in [1.165, 1.54) is 0 Å². The van der Waals surface area contributed by atoms with Crippen LogP contribution in [0, 0.1) is 19.8 Å². The summed E-state index contributed by atoms with van der Waals surface area (Å²) in [6.45, 7) is 8.84. The van der Waals surface area contributed by atoms with Gasteiger partial charge in [0.05, 0.1) is 35.2 Å². The third-order valence-corrected chi connectivity index (χ3v) is 5.70. The highest BCUT2D eigenvalue weighted by Gasteiger charge is 2.52. The average molecular weight is 349 g/mol. The van der Waals surface area contributed by atoms with E-state index < -0.39 is 0 Å². The highest BCUT2D eigenvalue weighted by molar-refractivity contribution is 7.09. The Hall–Kier alpha value is -1.28. The molecule has 0 radical (unpaired) electrons. The number of aryl methyl sites for hydroxylation is 2. The van der Waals surface area contributed by atoms with Crippen molar-refractivity contribution in [2.75, 3.05) is 26.3 Å². The van der Waals surface area contributed by atoms with Crippen LogP contribution >= 0.6 is 11.3 Å². The Labute approximate surface area is 145 Å². The first-order chi connectivity index (χ1) is 11.6. The number of likely N-dealkylation sites (tertiary alicyclic amines) is 1. The highest BCUT2D eigenvalue weighted by Crippen LogP contribution is 2.40. The van der Waals surface area contributed by atoms with Gasteiger partial charge in [-0.2, -0.15) is 0 Å². The molecule has 2 aromatic rings. The van der Waals surface area contributed by atoms with Crippen LogP contribution in [0.3, 0.4) is 0 Å². The van der Waals surface area contributed by atoms with Crippen LogP contribution in [0.4, 0.5) is 0 Å². The molecule has 1 spiro atoms. The molecule has 2 aromatic heterocycles. The van der Waals surface area contributed by atoms with Crippen molar-refractivity contribution >= 4 is 11.3 Å². The van der Waals surface area contributed by atoms with Crippen LogP contribution in [0.5, 0.6) is 0 Å². The van der Waals surface area contributed by atoms with Crippen LogP contribution < -0.4 is 0 Å². The van der Waals surface area contributed by atoms with E-state index in [1.807, 2.05) is 19.9 Å². The number of hydrogen-bond acceptors (Lipinski definition) is 7. The van der Waals surface area contributed by atoms with Crippen molar-refractivity contribution in [1.82, 2.24) is 15.0 Å². The van der Waals surface area contributed by atoms with E-state index in [0.29, 0.717) is 12.5 Å². The molecule has 1 unspecified atom stereocenters. The van der Waals surface area contributed by atoms with E-state index in [-0.39, 0.29) is 5.60 Å². The summed E-state index contributed by atoms with van der Waals surface area (Å²) in [4.78, 5) is 6.80. The van der Waals surface area contributed by atoms with Crippen molar-refractivity contribution in [3.05, 3.63) is 33.6 Å². The molecule has 2 saturated heterocycles. The number of hydrogen-bond donors (Lipinski definition) is 0. The minimum atomic E-state index is -0.0310. The molecule has 0 aliphatic carbocycles. The topological polar surface area (TPSA) is 60.6 Å². The van der Waals surface area contributed by atoms with E-state index in [0.717, 1.165) is 61.4 Å². The maximum atomic E-state index is 6.09. The molecule has 0 amide bonds. The molecule has 0 bridgehead atoms. The Morgan fingerprint density at radius 3 is 2.96 bits per heavy atom. The fourth-order valence-corrected chi connectivity index (χ4v) is 4.29. The first-order valence-corrected chi connectivity index (χ1v) is 9.28. The number of nitrogens with zero attached hydrogens (tertiary/aromatic N) is 3. The van der Waals surface area contributed by atoms with Gasteiger partial charge in [0.15, 0.2) is 0 Å². The second-order valence-electron chi connectivity index (χ2n) is 6.85. The average Bonchev–Trinajstić information content (AvgIpc) is 3.21. The van der Waals surface area contributed by atoms with Crippen LogP contribution in [0.1, 0.15) is 28.6 Å². The zero-order chi connectivity index (χ0) is 16.6. The van der Waals surface area contributed by atoms with Crippen molar-refractivity contribution < 1.29 is 14.0 Å². The Bertz CT molecular complexity index is 693.